The Morgan fingerprint density at radius 1 is 0.836 bits per heavy atom. The first-order chi connectivity index (χ1) is 26.2. The molecule has 1 aromatic rings. The van der Waals surface area contributed by atoms with Crippen molar-refractivity contribution in [1.29, 1.82) is 0 Å². The number of halogens is 1. The molecular formula is C35H51BrN10O9. The van der Waals surface area contributed by atoms with Crippen LogP contribution >= 0.6 is 15.9 Å². The maximum atomic E-state index is 13.7. The van der Waals surface area contributed by atoms with Gasteiger partial charge in [0.15, 0.2) is 5.96 Å². The molecule has 302 valence electrons. The zero-order valence-corrected chi connectivity index (χ0v) is 32.1. The Morgan fingerprint density at radius 2 is 1.44 bits per heavy atom. The Morgan fingerprint density at radius 3 is 2.05 bits per heavy atom. The van der Waals surface area contributed by atoms with Gasteiger partial charge in [0.05, 0.1) is 19.2 Å². The van der Waals surface area contributed by atoms with E-state index in [1.807, 2.05) is 0 Å². The van der Waals surface area contributed by atoms with Gasteiger partial charge in [0.2, 0.25) is 35.4 Å². The first-order valence-corrected chi connectivity index (χ1v) is 19.2. The molecule has 1 aromatic carbocycles. The number of carboxylic acids is 1. The van der Waals surface area contributed by atoms with Gasteiger partial charge in [0, 0.05) is 37.1 Å². The molecule has 4 rings (SSSR count). The van der Waals surface area contributed by atoms with Gasteiger partial charge in [-0.25, -0.2) is 4.79 Å². The molecule has 0 radical (unpaired) electrons. The zero-order chi connectivity index (χ0) is 40.2. The standard InChI is InChI=1S/C35H51BrN10O9/c36-21-11-9-20(10-12-21)17-23(29(49)43-24(19-47)32(52)46-16-4-8-27(46)34(54)55)42-28(48)18-41-30(50)25-6-2-14-44(25)33(53)26-7-3-15-45(26)31(51)22(37)5-1-13-40-35(38)39/h9-12,22-27,47H,1-8,13-19,37H2,(H,41,50)(H,42,48)(H,43,49)(H,54,55)(H4,38,39,40)/t22-,23-,24-,25-,26-,27-/m0/s1. The van der Waals surface area contributed by atoms with Gasteiger partial charge in [-0.15, -0.1) is 0 Å². The molecule has 6 atom stereocenters. The van der Waals surface area contributed by atoms with Gasteiger partial charge in [0.1, 0.15) is 30.2 Å². The zero-order valence-electron chi connectivity index (χ0n) is 30.5. The second-order valence-electron chi connectivity index (χ2n) is 13.9. The van der Waals surface area contributed by atoms with Gasteiger partial charge in [-0.2, -0.15) is 0 Å². The van der Waals surface area contributed by atoms with E-state index in [1.54, 1.807) is 24.3 Å². The number of aliphatic imine (C=N–C) groups is 1. The van der Waals surface area contributed by atoms with E-state index < -0.39 is 79.0 Å². The van der Waals surface area contributed by atoms with Crippen molar-refractivity contribution in [3.05, 3.63) is 34.3 Å². The summed E-state index contributed by atoms with van der Waals surface area (Å²) in [6, 6.07) is 0.630. The number of benzene rings is 1. The molecule has 0 saturated carbocycles. The largest absolute Gasteiger partial charge is 0.480 e. The fraction of sp³-hybridized carbons (Fsp3) is 0.600. The SMILES string of the molecule is NC(N)=NCCC[C@H](N)C(=O)N1CCC[C@H]1C(=O)N1CCC[C@H]1C(=O)NCC(=O)N[C@@H](Cc1ccc(Br)cc1)C(=O)N[C@@H](CO)C(=O)N1CCC[C@H]1C(=O)O. The average Bonchev–Trinajstić information content (AvgIpc) is 3.96. The van der Waals surface area contributed by atoms with Gasteiger partial charge >= 0.3 is 5.97 Å². The predicted molar refractivity (Wildman–Crippen MR) is 202 cm³/mol. The van der Waals surface area contributed by atoms with Gasteiger partial charge in [-0.1, -0.05) is 28.1 Å². The number of carboxylic acid groups (broad SMARTS) is 1. The Kier molecular flexibility index (Phi) is 15.8. The Hall–Kier alpha value is -4.82. The number of nitrogens with two attached hydrogens (primary N) is 3. The average molecular weight is 836 g/mol. The van der Waals surface area contributed by atoms with E-state index in [-0.39, 0.29) is 43.7 Å². The second-order valence-corrected chi connectivity index (χ2v) is 14.8. The molecule has 20 heteroatoms. The number of guanidine groups is 1. The lowest BCUT2D eigenvalue weighted by Crippen LogP contribution is -2.58. The fourth-order valence-electron chi connectivity index (χ4n) is 7.18. The minimum Gasteiger partial charge on any atom is -0.480 e. The molecule has 19 nitrogen and oxygen atoms in total. The third-order valence-electron chi connectivity index (χ3n) is 9.99. The Bertz CT molecular complexity index is 1610. The first-order valence-electron chi connectivity index (χ1n) is 18.4. The number of nitrogens with zero attached hydrogens (tertiary/aromatic N) is 4. The Balaban J connectivity index is 1.36. The van der Waals surface area contributed by atoms with Crippen molar-refractivity contribution in [2.75, 3.05) is 39.3 Å². The van der Waals surface area contributed by atoms with E-state index in [1.165, 1.54) is 9.80 Å². The Labute approximate surface area is 326 Å². The van der Waals surface area contributed by atoms with Crippen LogP contribution in [0.2, 0.25) is 0 Å². The molecule has 0 bridgehead atoms. The van der Waals surface area contributed by atoms with Crippen LogP contribution in [0.25, 0.3) is 0 Å². The van der Waals surface area contributed by atoms with Crippen LogP contribution in [0.5, 0.6) is 0 Å². The van der Waals surface area contributed by atoms with E-state index >= 15 is 0 Å². The number of aliphatic carboxylic acids is 1. The summed E-state index contributed by atoms with van der Waals surface area (Å²) in [5, 5.41) is 27.1. The van der Waals surface area contributed by atoms with Gasteiger partial charge < -0.3 is 58.1 Å². The van der Waals surface area contributed by atoms with Crippen LogP contribution in [0.1, 0.15) is 56.9 Å². The fourth-order valence-corrected chi connectivity index (χ4v) is 7.44. The monoisotopic (exact) mass is 834 g/mol. The number of likely N-dealkylation sites (tertiary alicyclic amines) is 3. The third kappa shape index (κ3) is 11.6. The van der Waals surface area contributed by atoms with E-state index in [0.717, 1.165) is 9.37 Å². The van der Waals surface area contributed by atoms with Crippen LogP contribution in [0.3, 0.4) is 0 Å². The number of hydrogen-bond acceptors (Lipinski definition) is 10. The quantitative estimate of drug-likeness (QED) is 0.0460. The van der Waals surface area contributed by atoms with Gasteiger partial charge in [-0.05, 0) is 69.1 Å². The summed E-state index contributed by atoms with van der Waals surface area (Å²) in [5.41, 5.74) is 17.5. The van der Waals surface area contributed by atoms with Crippen LogP contribution in [0.15, 0.2) is 33.7 Å². The maximum absolute atomic E-state index is 13.7. The number of amides is 6. The number of aliphatic hydroxyl groups excluding tert-OH is 1. The topological polar surface area (TPSA) is 296 Å². The molecule has 3 aliphatic rings. The van der Waals surface area contributed by atoms with Crippen LogP contribution < -0.4 is 33.2 Å². The molecular weight excluding hydrogens is 784 g/mol. The molecule has 0 aliphatic carbocycles. The molecule has 11 N–H and O–H groups in total. The summed E-state index contributed by atoms with van der Waals surface area (Å²) >= 11 is 3.35. The third-order valence-corrected chi connectivity index (χ3v) is 10.5. The number of carbonyl (C=O) groups excluding carboxylic acids is 6. The summed E-state index contributed by atoms with van der Waals surface area (Å²) in [7, 11) is 0. The van der Waals surface area contributed by atoms with Crippen molar-refractivity contribution in [3.8, 4) is 0 Å². The summed E-state index contributed by atoms with van der Waals surface area (Å²) in [6.07, 6.45) is 3.36. The molecule has 0 aromatic heterocycles. The normalized spacial score (nSPS) is 21.0. The van der Waals surface area contributed by atoms with Crippen LogP contribution in [0, 0.1) is 0 Å². The number of rotatable bonds is 17. The van der Waals surface area contributed by atoms with Crippen molar-refractivity contribution in [3.63, 3.8) is 0 Å². The lowest BCUT2D eigenvalue weighted by Gasteiger charge is -2.32. The van der Waals surface area contributed by atoms with Crippen molar-refractivity contribution < 1.29 is 43.8 Å². The minimum absolute atomic E-state index is 0.0198. The highest BCUT2D eigenvalue weighted by molar-refractivity contribution is 9.10. The van der Waals surface area contributed by atoms with Crippen LogP contribution in [-0.4, -0.2) is 148 Å². The molecule has 0 spiro atoms. The molecule has 3 aliphatic heterocycles. The number of nitrogens with one attached hydrogen (secondary N) is 3. The summed E-state index contributed by atoms with van der Waals surface area (Å²) in [6.45, 7) is -0.241. The molecule has 3 heterocycles. The number of hydrogen-bond donors (Lipinski definition) is 8. The molecule has 3 saturated heterocycles. The van der Waals surface area contributed by atoms with E-state index in [0.29, 0.717) is 63.6 Å². The minimum atomic E-state index is -1.46. The number of aliphatic hydroxyl groups is 1. The van der Waals surface area contributed by atoms with Gasteiger partial charge in [-0.3, -0.25) is 33.8 Å². The maximum Gasteiger partial charge on any atom is 0.326 e. The lowest BCUT2D eigenvalue weighted by atomic mass is 10.0. The second kappa shape index (κ2) is 20.2. The van der Waals surface area contributed by atoms with Crippen molar-refractivity contribution >= 4 is 63.3 Å². The van der Waals surface area contributed by atoms with Crippen LogP contribution in [0.4, 0.5) is 0 Å². The van der Waals surface area contributed by atoms with E-state index in [2.05, 4.69) is 36.9 Å². The number of carbonyl (C=O) groups is 7. The smallest absolute Gasteiger partial charge is 0.326 e. The van der Waals surface area contributed by atoms with Gasteiger partial charge in [0.25, 0.3) is 0 Å². The molecule has 0 unspecified atom stereocenters. The summed E-state index contributed by atoms with van der Waals surface area (Å²) < 4.78 is 0.778. The van der Waals surface area contributed by atoms with Crippen molar-refractivity contribution in [1.82, 2.24) is 30.7 Å². The highest BCUT2D eigenvalue weighted by Crippen LogP contribution is 2.26. The van der Waals surface area contributed by atoms with Crippen molar-refractivity contribution in [2.45, 2.75) is 94.0 Å². The molecule has 55 heavy (non-hydrogen) atoms. The highest BCUT2D eigenvalue weighted by atomic mass is 79.9. The summed E-state index contributed by atoms with van der Waals surface area (Å²) in [4.78, 5) is 99.8. The predicted octanol–water partition coefficient (Wildman–Crippen LogP) is -2.49. The van der Waals surface area contributed by atoms with Crippen molar-refractivity contribution in [2.24, 2.45) is 22.2 Å². The summed E-state index contributed by atoms with van der Waals surface area (Å²) in [5.74, 6) is -4.87. The molecule has 3 fully saturated rings. The van der Waals surface area contributed by atoms with E-state index in [9.17, 15) is 43.8 Å². The van der Waals surface area contributed by atoms with Crippen LogP contribution in [-0.2, 0) is 40.0 Å². The van der Waals surface area contributed by atoms with E-state index in [4.69, 9.17) is 17.2 Å². The first kappa shape index (κ1) is 42.9. The molecule has 6 amide bonds. The highest BCUT2D eigenvalue weighted by Gasteiger charge is 2.43. The lowest BCUT2D eigenvalue weighted by molar-refractivity contribution is -0.150.